The molecule has 8 atom stereocenters. The number of carbonyl (C=O) groups excluding carboxylic acids is 1. The minimum Gasteiger partial charge on any atom is -0.358 e. The van der Waals surface area contributed by atoms with Crippen molar-refractivity contribution >= 4 is 29.4 Å². The Hall–Kier alpha value is -2.50. The number of aliphatic hydroxyl groups is 1. The van der Waals surface area contributed by atoms with Crippen molar-refractivity contribution in [3.63, 3.8) is 0 Å². The molecule has 1 aliphatic carbocycles. The summed E-state index contributed by atoms with van der Waals surface area (Å²) in [6.07, 6.45) is 0.441. The monoisotopic (exact) mass is 421 g/mol. The fourth-order valence-corrected chi connectivity index (χ4v) is 7.28. The van der Waals surface area contributed by atoms with Gasteiger partial charge in [-0.15, -0.1) is 11.6 Å². The van der Waals surface area contributed by atoms with Gasteiger partial charge in [-0.1, -0.05) is 0 Å². The van der Waals surface area contributed by atoms with Crippen LogP contribution in [0.3, 0.4) is 0 Å². The Bertz CT molecular complexity index is 993. The van der Waals surface area contributed by atoms with E-state index < -0.39 is 22.8 Å². The lowest BCUT2D eigenvalue weighted by atomic mass is 9.73. The molecule has 154 valence electrons. The summed E-state index contributed by atoms with van der Waals surface area (Å²) in [7, 11) is 0. The number of carbonyl (C=O) groups is 1. The van der Waals surface area contributed by atoms with Gasteiger partial charge in [0.15, 0.2) is 5.54 Å². The minimum absolute atomic E-state index is 0.0615. The van der Waals surface area contributed by atoms with Crippen LogP contribution in [0.25, 0.3) is 0 Å². The highest BCUT2D eigenvalue weighted by molar-refractivity contribution is 6.22. The maximum absolute atomic E-state index is 13.5. The van der Waals surface area contributed by atoms with Crippen LogP contribution in [0.5, 0.6) is 0 Å². The second-order valence-electron chi connectivity index (χ2n) is 8.59. The SMILES string of the molecule is NC[C@H]1C(Cl)C2(NC(N)=[NH+][C@H]2O)C2[C@@H]1CN1C(=O)c3cccn3C3[NH+]=C(N)NC321. The molecular weight excluding hydrogens is 398 g/mol. The van der Waals surface area contributed by atoms with E-state index in [1.807, 2.05) is 21.7 Å². The first-order valence-corrected chi connectivity index (χ1v) is 10.1. The van der Waals surface area contributed by atoms with Gasteiger partial charge < -0.3 is 15.4 Å². The molecule has 1 saturated carbocycles. The number of nitrogens with two attached hydrogens (primary N) is 3. The predicted octanol–water partition coefficient (Wildman–Crippen LogP) is -6.37. The van der Waals surface area contributed by atoms with Crippen molar-refractivity contribution in [1.29, 1.82) is 0 Å². The molecule has 0 bridgehead atoms. The van der Waals surface area contributed by atoms with E-state index in [2.05, 4.69) is 20.6 Å². The number of aliphatic hydroxyl groups excluding tert-OH is 1. The first kappa shape index (κ1) is 17.4. The normalized spacial score (nSPS) is 46.6. The van der Waals surface area contributed by atoms with E-state index in [-0.39, 0.29) is 35.8 Å². The van der Waals surface area contributed by atoms with Gasteiger partial charge in [-0.05, 0) is 30.5 Å². The van der Waals surface area contributed by atoms with Gasteiger partial charge in [-0.3, -0.25) is 31.5 Å². The molecule has 2 spiro atoms. The summed E-state index contributed by atoms with van der Waals surface area (Å²) in [5.74, 6) is -0.00388. The van der Waals surface area contributed by atoms with E-state index in [9.17, 15) is 9.90 Å². The van der Waals surface area contributed by atoms with Crippen LogP contribution in [0.2, 0.25) is 0 Å². The lowest BCUT2D eigenvalue weighted by Crippen LogP contribution is -2.85. The van der Waals surface area contributed by atoms with Crippen molar-refractivity contribution < 1.29 is 19.9 Å². The van der Waals surface area contributed by atoms with E-state index in [0.717, 1.165) is 0 Å². The molecule has 0 aromatic carbocycles. The maximum Gasteiger partial charge on any atom is 0.345 e. The van der Waals surface area contributed by atoms with E-state index in [1.54, 1.807) is 6.07 Å². The molecule has 1 aromatic heterocycles. The molecule has 11 nitrogen and oxygen atoms in total. The summed E-state index contributed by atoms with van der Waals surface area (Å²) >= 11 is 6.97. The summed E-state index contributed by atoms with van der Waals surface area (Å²) in [5.41, 5.74) is 17.0. The van der Waals surface area contributed by atoms with Gasteiger partial charge >= 0.3 is 11.9 Å². The molecule has 12 heteroatoms. The fourth-order valence-electron chi connectivity index (χ4n) is 6.68. The highest BCUT2D eigenvalue weighted by Crippen LogP contribution is 2.60. The Labute approximate surface area is 170 Å². The van der Waals surface area contributed by atoms with E-state index >= 15 is 0 Å². The zero-order valence-corrected chi connectivity index (χ0v) is 16.2. The smallest absolute Gasteiger partial charge is 0.345 e. The third kappa shape index (κ3) is 1.68. The first-order chi connectivity index (χ1) is 13.9. The number of alkyl halides is 1. The molecule has 5 unspecified atom stereocenters. The average molecular weight is 422 g/mol. The van der Waals surface area contributed by atoms with Gasteiger partial charge in [0.25, 0.3) is 5.91 Å². The Morgan fingerprint density at radius 2 is 2.07 bits per heavy atom. The number of nitrogens with zero attached hydrogens (tertiary/aromatic N) is 2. The lowest BCUT2D eigenvalue weighted by molar-refractivity contribution is -0.562. The Morgan fingerprint density at radius 1 is 1.31 bits per heavy atom. The van der Waals surface area contributed by atoms with Crippen molar-refractivity contribution in [2.45, 2.75) is 29.0 Å². The summed E-state index contributed by atoms with van der Waals surface area (Å²) < 4.78 is 1.89. The van der Waals surface area contributed by atoms with Gasteiger partial charge in [0.2, 0.25) is 18.1 Å². The predicted molar refractivity (Wildman–Crippen MR) is 102 cm³/mol. The van der Waals surface area contributed by atoms with Crippen LogP contribution in [0.1, 0.15) is 16.7 Å². The van der Waals surface area contributed by atoms with Crippen molar-refractivity contribution in [3.05, 3.63) is 24.0 Å². The molecule has 1 saturated heterocycles. The Morgan fingerprint density at radius 3 is 2.76 bits per heavy atom. The van der Waals surface area contributed by atoms with Gasteiger partial charge in [-0.25, -0.2) is 10.3 Å². The fraction of sp³-hybridized carbons (Fsp3) is 0.588. The zero-order valence-electron chi connectivity index (χ0n) is 15.5. The highest BCUT2D eigenvalue weighted by atomic mass is 35.5. The molecule has 6 rings (SSSR count). The molecule has 4 aliphatic heterocycles. The molecule has 5 heterocycles. The number of aromatic nitrogens is 1. The number of rotatable bonds is 1. The second kappa shape index (κ2) is 5.15. The van der Waals surface area contributed by atoms with Crippen molar-refractivity contribution in [2.24, 2.45) is 35.0 Å². The van der Waals surface area contributed by atoms with Crippen LogP contribution in [0.4, 0.5) is 0 Å². The average Bonchev–Trinajstić information content (AvgIpc) is 3.42. The van der Waals surface area contributed by atoms with E-state index in [1.165, 1.54) is 0 Å². The number of hydrogen-bond donors (Lipinski definition) is 8. The molecule has 5 aliphatic rings. The number of halogens is 1. The standard InChI is InChI=1S/C17H22ClN9O2/c18-10-6(4-19)7-5-27-11(28)8-2-1-3-26(8)12-17(27,25-14(20)22-12)9(7)16(10)13(29)23-15(21)24-16/h1-3,6-7,9-10,12-13,29H,4-5,19H2,(H3,20,22,25)(H3,21,23,24)/p+2/t6-,7-,9?,10?,12?,13+,16?,17?/m1/s1. The summed E-state index contributed by atoms with van der Waals surface area (Å²) in [5, 5.41) is 17.2. The van der Waals surface area contributed by atoms with Crippen molar-refractivity contribution in [1.82, 2.24) is 20.1 Å². The number of nitrogens with one attached hydrogen (secondary N) is 4. The van der Waals surface area contributed by atoms with E-state index in [4.69, 9.17) is 28.8 Å². The quantitative estimate of drug-likeness (QED) is 0.208. The van der Waals surface area contributed by atoms with Crippen LogP contribution >= 0.6 is 11.6 Å². The second-order valence-corrected chi connectivity index (χ2v) is 9.06. The Balaban J connectivity index is 1.60. The van der Waals surface area contributed by atoms with Gasteiger partial charge in [0, 0.05) is 12.7 Å². The third-order valence-electron chi connectivity index (χ3n) is 7.57. The largest absolute Gasteiger partial charge is 0.358 e. The van der Waals surface area contributed by atoms with Crippen molar-refractivity contribution in [3.8, 4) is 0 Å². The molecule has 1 aromatic rings. The van der Waals surface area contributed by atoms with Crippen LogP contribution < -0.4 is 37.8 Å². The van der Waals surface area contributed by atoms with Crippen LogP contribution in [0, 0.1) is 17.8 Å². The van der Waals surface area contributed by atoms with Gasteiger partial charge in [0.1, 0.15) is 5.69 Å². The molecule has 29 heavy (non-hydrogen) atoms. The number of guanidine groups is 2. The molecule has 2 fully saturated rings. The third-order valence-corrected chi connectivity index (χ3v) is 8.26. The molecule has 11 N–H and O–H groups in total. The van der Waals surface area contributed by atoms with E-state index in [0.29, 0.717) is 24.7 Å². The van der Waals surface area contributed by atoms with Crippen LogP contribution in [-0.4, -0.2) is 68.3 Å². The van der Waals surface area contributed by atoms with Crippen LogP contribution in [-0.2, 0) is 0 Å². The summed E-state index contributed by atoms with van der Waals surface area (Å²) in [6.45, 7) is 0.779. The highest BCUT2D eigenvalue weighted by Gasteiger charge is 2.82. The zero-order chi connectivity index (χ0) is 20.3. The maximum atomic E-state index is 13.5. The number of fused-ring (bicyclic) bond motifs is 4. The van der Waals surface area contributed by atoms with Crippen LogP contribution in [0.15, 0.2) is 18.3 Å². The topological polar surface area (TPSA) is 176 Å². The summed E-state index contributed by atoms with van der Waals surface area (Å²) in [4.78, 5) is 21.4. The van der Waals surface area contributed by atoms with Gasteiger partial charge in [-0.2, -0.15) is 0 Å². The molecule has 1 amide bonds. The Kier molecular flexibility index (Phi) is 3.09. The van der Waals surface area contributed by atoms with Gasteiger partial charge in [0.05, 0.1) is 11.3 Å². The minimum atomic E-state index is -1.05. The molecule has 0 radical (unpaired) electrons. The summed E-state index contributed by atoms with van der Waals surface area (Å²) in [6, 6.07) is 3.64. The van der Waals surface area contributed by atoms with Crippen molar-refractivity contribution in [2.75, 3.05) is 13.1 Å². The lowest BCUT2D eigenvalue weighted by Gasteiger charge is -2.47. The number of amides is 1. The molecular formula is C17H24ClN9O2+2. The number of hydrogen-bond acceptors (Lipinski definition) is 7. The first-order valence-electron chi connectivity index (χ1n) is 9.71.